The van der Waals surface area contributed by atoms with Crippen LogP contribution in [0.4, 0.5) is 0 Å². The summed E-state index contributed by atoms with van der Waals surface area (Å²) in [6, 6.07) is 3.39. The molecule has 0 saturated heterocycles. The van der Waals surface area contributed by atoms with Gasteiger partial charge in [0.1, 0.15) is 5.60 Å². The maximum absolute atomic E-state index is 12.3. The molecule has 2 rings (SSSR count). The number of hydrogen-bond acceptors (Lipinski definition) is 4. The Morgan fingerprint density at radius 3 is 2.52 bits per heavy atom. The molecule has 5 nitrogen and oxygen atoms in total. The smallest absolute Gasteiger partial charge is 0.253 e. The van der Waals surface area contributed by atoms with Crippen molar-refractivity contribution < 1.29 is 14.6 Å². The summed E-state index contributed by atoms with van der Waals surface area (Å²) in [5.41, 5.74) is -0.296. The first-order chi connectivity index (χ1) is 9.84. The number of carbonyl (C=O) groups is 1. The Hall–Kier alpha value is -1.62. The number of carbonyl (C=O) groups excluding carboxylic acids is 1. The molecule has 0 aliphatic heterocycles. The molecule has 1 fully saturated rings. The molecule has 5 heteroatoms. The summed E-state index contributed by atoms with van der Waals surface area (Å²) in [5.74, 6) is 0.303. The van der Waals surface area contributed by atoms with Gasteiger partial charge in [0.25, 0.3) is 5.91 Å². The molecule has 2 N–H and O–H groups in total. The van der Waals surface area contributed by atoms with E-state index in [2.05, 4.69) is 10.3 Å². The Labute approximate surface area is 125 Å². The fraction of sp³-hybridized carbons (Fsp3) is 0.625. The molecule has 21 heavy (non-hydrogen) atoms. The quantitative estimate of drug-likeness (QED) is 0.893. The van der Waals surface area contributed by atoms with E-state index < -0.39 is 5.54 Å². The van der Waals surface area contributed by atoms with Crippen molar-refractivity contribution in [1.82, 2.24) is 10.3 Å². The average Bonchev–Trinajstić information content (AvgIpc) is 2.87. The SMILES string of the molecule is CC(C)(C)Oc1ccc(C(=O)NC2(CO)CCCC2)cn1. The van der Waals surface area contributed by atoms with E-state index in [1.165, 1.54) is 6.20 Å². The minimum atomic E-state index is -0.461. The van der Waals surface area contributed by atoms with Crippen LogP contribution in [0.1, 0.15) is 56.8 Å². The second-order valence-electron chi connectivity index (χ2n) is 6.70. The van der Waals surface area contributed by atoms with Gasteiger partial charge in [-0.1, -0.05) is 12.8 Å². The van der Waals surface area contributed by atoms with Crippen molar-refractivity contribution in [3.05, 3.63) is 23.9 Å². The number of nitrogens with zero attached hydrogens (tertiary/aromatic N) is 1. The van der Waals surface area contributed by atoms with E-state index in [1.807, 2.05) is 20.8 Å². The Bertz CT molecular complexity index is 485. The molecule has 0 radical (unpaired) electrons. The minimum Gasteiger partial charge on any atom is -0.472 e. The molecule has 0 spiro atoms. The molecule has 0 bridgehead atoms. The van der Waals surface area contributed by atoms with E-state index in [-0.39, 0.29) is 18.1 Å². The summed E-state index contributed by atoms with van der Waals surface area (Å²) in [7, 11) is 0. The predicted octanol–water partition coefficient (Wildman–Crippen LogP) is 2.29. The van der Waals surface area contributed by atoms with Crippen LogP contribution in [0.5, 0.6) is 5.88 Å². The molecule has 0 aromatic carbocycles. The summed E-state index contributed by atoms with van der Waals surface area (Å²) < 4.78 is 5.63. The average molecular weight is 292 g/mol. The van der Waals surface area contributed by atoms with Gasteiger partial charge in [0, 0.05) is 12.3 Å². The maximum atomic E-state index is 12.3. The number of ether oxygens (including phenoxy) is 1. The molecule has 116 valence electrons. The van der Waals surface area contributed by atoms with Crippen molar-refractivity contribution in [3.8, 4) is 5.88 Å². The van der Waals surface area contributed by atoms with E-state index in [0.717, 1.165) is 25.7 Å². The lowest BCUT2D eigenvalue weighted by Gasteiger charge is -2.28. The number of hydrogen-bond donors (Lipinski definition) is 2. The number of amides is 1. The highest BCUT2D eigenvalue weighted by molar-refractivity contribution is 5.94. The van der Waals surface area contributed by atoms with Crippen LogP contribution >= 0.6 is 0 Å². The van der Waals surface area contributed by atoms with Gasteiger partial charge < -0.3 is 15.2 Å². The number of aliphatic hydroxyl groups is 1. The van der Waals surface area contributed by atoms with Crippen LogP contribution in [0.2, 0.25) is 0 Å². The number of nitrogens with one attached hydrogen (secondary N) is 1. The Morgan fingerprint density at radius 1 is 1.38 bits per heavy atom. The number of aliphatic hydroxyl groups excluding tert-OH is 1. The number of pyridine rings is 1. The van der Waals surface area contributed by atoms with Gasteiger partial charge in [-0.05, 0) is 39.7 Å². The van der Waals surface area contributed by atoms with E-state index in [0.29, 0.717) is 11.4 Å². The van der Waals surface area contributed by atoms with Crippen molar-refractivity contribution in [1.29, 1.82) is 0 Å². The van der Waals surface area contributed by atoms with Gasteiger partial charge in [-0.2, -0.15) is 0 Å². The lowest BCUT2D eigenvalue weighted by molar-refractivity contribution is 0.0838. The third-order valence-corrected chi connectivity index (χ3v) is 3.65. The van der Waals surface area contributed by atoms with E-state index in [9.17, 15) is 9.90 Å². The third-order valence-electron chi connectivity index (χ3n) is 3.65. The van der Waals surface area contributed by atoms with Crippen molar-refractivity contribution in [2.24, 2.45) is 0 Å². The van der Waals surface area contributed by atoms with Crippen LogP contribution in [0.3, 0.4) is 0 Å². The summed E-state index contributed by atoms with van der Waals surface area (Å²) in [4.78, 5) is 16.4. The molecule has 1 aromatic rings. The van der Waals surface area contributed by atoms with Crippen molar-refractivity contribution in [2.75, 3.05) is 6.61 Å². The van der Waals surface area contributed by atoms with Crippen LogP contribution in [-0.4, -0.2) is 33.7 Å². The topological polar surface area (TPSA) is 71.5 Å². The zero-order valence-electron chi connectivity index (χ0n) is 13.0. The molecular weight excluding hydrogens is 268 g/mol. The lowest BCUT2D eigenvalue weighted by atomic mass is 9.98. The predicted molar refractivity (Wildman–Crippen MR) is 80.4 cm³/mol. The van der Waals surface area contributed by atoms with Crippen LogP contribution < -0.4 is 10.1 Å². The number of aromatic nitrogens is 1. The van der Waals surface area contributed by atoms with E-state index >= 15 is 0 Å². The minimum absolute atomic E-state index is 0.0165. The highest BCUT2D eigenvalue weighted by atomic mass is 16.5. The Kier molecular flexibility index (Phi) is 4.52. The zero-order valence-corrected chi connectivity index (χ0v) is 13.0. The van der Waals surface area contributed by atoms with Crippen LogP contribution in [0.15, 0.2) is 18.3 Å². The molecule has 1 aliphatic rings. The molecule has 1 saturated carbocycles. The number of rotatable bonds is 4. The van der Waals surface area contributed by atoms with Crippen molar-refractivity contribution in [2.45, 2.75) is 57.6 Å². The van der Waals surface area contributed by atoms with Crippen LogP contribution in [-0.2, 0) is 0 Å². The zero-order chi connectivity index (χ0) is 15.5. The molecule has 1 amide bonds. The first kappa shape index (κ1) is 15.8. The third kappa shape index (κ3) is 4.17. The first-order valence-corrected chi connectivity index (χ1v) is 7.42. The summed E-state index contributed by atoms with van der Waals surface area (Å²) >= 11 is 0. The normalized spacial score (nSPS) is 17.5. The van der Waals surface area contributed by atoms with Crippen LogP contribution in [0, 0.1) is 0 Å². The lowest BCUT2D eigenvalue weighted by Crippen LogP contribution is -2.49. The second kappa shape index (κ2) is 6.02. The van der Waals surface area contributed by atoms with Gasteiger partial charge in [-0.15, -0.1) is 0 Å². The second-order valence-corrected chi connectivity index (χ2v) is 6.70. The van der Waals surface area contributed by atoms with Gasteiger partial charge in [0.2, 0.25) is 5.88 Å². The summed E-state index contributed by atoms with van der Waals surface area (Å²) in [6.45, 7) is 5.82. The van der Waals surface area contributed by atoms with Crippen LogP contribution in [0.25, 0.3) is 0 Å². The summed E-state index contributed by atoms with van der Waals surface area (Å²) in [6.07, 6.45) is 5.24. The fourth-order valence-corrected chi connectivity index (χ4v) is 2.58. The van der Waals surface area contributed by atoms with E-state index in [1.54, 1.807) is 12.1 Å². The Morgan fingerprint density at radius 2 is 2.05 bits per heavy atom. The monoisotopic (exact) mass is 292 g/mol. The van der Waals surface area contributed by atoms with Gasteiger partial charge >= 0.3 is 0 Å². The van der Waals surface area contributed by atoms with E-state index in [4.69, 9.17) is 4.74 Å². The first-order valence-electron chi connectivity index (χ1n) is 7.42. The van der Waals surface area contributed by atoms with Gasteiger partial charge in [0.15, 0.2) is 0 Å². The highest BCUT2D eigenvalue weighted by Crippen LogP contribution is 2.29. The Balaban J connectivity index is 2.03. The standard InChI is InChI=1S/C16H24N2O3/c1-15(2,3)21-13-7-6-12(10-17-13)14(20)18-16(11-19)8-4-5-9-16/h6-7,10,19H,4-5,8-9,11H2,1-3H3,(H,18,20). The molecule has 0 atom stereocenters. The van der Waals surface area contributed by atoms with Gasteiger partial charge in [-0.3, -0.25) is 4.79 Å². The molecular formula is C16H24N2O3. The molecule has 1 heterocycles. The van der Waals surface area contributed by atoms with Crippen molar-refractivity contribution >= 4 is 5.91 Å². The molecule has 1 aliphatic carbocycles. The molecule has 0 unspecified atom stereocenters. The van der Waals surface area contributed by atoms with Gasteiger partial charge in [0.05, 0.1) is 17.7 Å². The molecule has 1 aromatic heterocycles. The maximum Gasteiger partial charge on any atom is 0.253 e. The van der Waals surface area contributed by atoms with Crippen molar-refractivity contribution in [3.63, 3.8) is 0 Å². The van der Waals surface area contributed by atoms with Gasteiger partial charge in [-0.25, -0.2) is 4.98 Å². The fourth-order valence-electron chi connectivity index (χ4n) is 2.58. The largest absolute Gasteiger partial charge is 0.472 e. The summed E-state index contributed by atoms with van der Waals surface area (Å²) in [5, 5.41) is 12.5. The highest BCUT2D eigenvalue weighted by Gasteiger charge is 2.34.